The van der Waals surface area contributed by atoms with Crippen LogP contribution in [0.25, 0.3) is 5.69 Å². The lowest BCUT2D eigenvalue weighted by molar-refractivity contribution is -0.113. The van der Waals surface area contributed by atoms with Gasteiger partial charge in [0.25, 0.3) is 0 Å². The summed E-state index contributed by atoms with van der Waals surface area (Å²) < 4.78 is 22.3. The Bertz CT molecular complexity index is 1410. The minimum absolute atomic E-state index is 0.0142. The van der Waals surface area contributed by atoms with Gasteiger partial charge in [0.2, 0.25) is 11.1 Å². The number of carbonyl (C=O) groups is 1. The van der Waals surface area contributed by atoms with Gasteiger partial charge in [-0.1, -0.05) is 30.0 Å². The van der Waals surface area contributed by atoms with Crippen molar-refractivity contribution in [2.75, 3.05) is 18.2 Å². The number of anilines is 1. The van der Waals surface area contributed by atoms with Crippen molar-refractivity contribution in [3.05, 3.63) is 76.7 Å². The van der Waals surface area contributed by atoms with Crippen LogP contribution in [0.2, 0.25) is 0 Å². The largest absolute Gasteiger partial charge is 0.497 e. The first-order chi connectivity index (χ1) is 16.9. The van der Waals surface area contributed by atoms with Gasteiger partial charge >= 0.3 is 0 Å². The molecule has 1 N–H and O–H groups in total. The van der Waals surface area contributed by atoms with Gasteiger partial charge in [0.15, 0.2) is 0 Å². The molecule has 178 valence electrons. The Morgan fingerprint density at radius 1 is 1.23 bits per heavy atom. The number of methoxy groups -OCH3 is 1. The van der Waals surface area contributed by atoms with Crippen molar-refractivity contribution in [2.24, 2.45) is 0 Å². The Hall–Kier alpha value is -4.17. The zero-order valence-corrected chi connectivity index (χ0v) is 20.1. The second kappa shape index (κ2) is 10.4. The van der Waals surface area contributed by atoms with E-state index in [0.29, 0.717) is 34.3 Å². The quantitative estimate of drug-likeness (QED) is 0.372. The van der Waals surface area contributed by atoms with Crippen LogP contribution in [0.3, 0.4) is 0 Å². The standard InChI is InChI=1S/C24H22FN7O2S/c1-15-16(2)32(19-6-4-5-18(25)11-19)23(21(15)12-26)27-22(33)14-35-24-28-29-30-31(24)13-17-7-9-20(34-3)10-8-17/h4-11H,13-14H2,1-3H3,(H,27,33). The third kappa shape index (κ3) is 5.17. The summed E-state index contributed by atoms with van der Waals surface area (Å²) in [5, 5.41) is 24.7. The van der Waals surface area contributed by atoms with Gasteiger partial charge in [-0.05, 0) is 65.7 Å². The summed E-state index contributed by atoms with van der Waals surface area (Å²) in [5.74, 6) is 0.308. The molecule has 0 fully saturated rings. The maximum absolute atomic E-state index is 13.9. The molecule has 0 bridgehead atoms. The maximum atomic E-state index is 13.9. The second-order valence-electron chi connectivity index (χ2n) is 7.67. The van der Waals surface area contributed by atoms with Crippen LogP contribution in [0.15, 0.2) is 53.7 Å². The molecular weight excluding hydrogens is 469 g/mol. The highest BCUT2D eigenvalue weighted by molar-refractivity contribution is 7.99. The van der Waals surface area contributed by atoms with Gasteiger partial charge in [-0.15, -0.1) is 5.10 Å². The van der Waals surface area contributed by atoms with Crippen molar-refractivity contribution in [2.45, 2.75) is 25.5 Å². The molecule has 0 spiro atoms. The van der Waals surface area contributed by atoms with Gasteiger partial charge < -0.3 is 10.1 Å². The number of tetrazole rings is 1. The van der Waals surface area contributed by atoms with Crippen molar-refractivity contribution >= 4 is 23.5 Å². The van der Waals surface area contributed by atoms with E-state index in [0.717, 1.165) is 17.0 Å². The van der Waals surface area contributed by atoms with E-state index >= 15 is 0 Å². The molecule has 35 heavy (non-hydrogen) atoms. The molecule has 4 rings (SSSR count). The van der Waals surface area contributed by atoms with Crippen LogP contribution >= 0.6 is 11.8 Å². The van der Waals surface area contributed by atoms with Crippen LogP contribution in [-0.4, -0.2) is 43.5 Å². The van der Waals surface area contributed by atoms with Crippen LogP contribution in [0.4, 0.5) is 10.2 Å². The Labute approximate surface area is 205 Å². The molecule has 0 radical (unpaired) electrons. The number of hydrogen-bond donors (Lipinski definition) is 1. The number of ether oxygens (including phenoxy) is 1. The number of nitrogens with zero attached hydrogens (tertiary/aromatic N) is 6. The molecule has 0 aliphatic heterocycles. The van der Waals surface area contributed by atoms with Crippen LogP contribution in [-0.2, 0) is 11.3 Å². The highest BCUT2D eigenvalue weighted by Gasteiger charge is 2.21. The van der Waals surface area contributed by atoms with Crippen molar-refractivity contribution in [3.8, 4) is 17.5 Å². The molecule has 1 amide bonds. The number of nitriles is 1. The van der Waals surface area contributed by atoms with Gasteiger partial charge in [0.1, 0.15) is 23.5 Å². The average molecular weight is 492 g/mol. The number of hydrogen-bond acceptors (Lipinski definition) is 7. The normalized spacial score (nSPS) is 10.7. The zero-order valence-electron chi connectivity index (χ0n) is 19.3. The number of benzene rings is 2. The van der Waals surface area contributed by atoms with Gasteiger partial charge in [-0.25, -0.2) is 9.07 Å². The summed E-state index contributed by atoms with van der Waals surface area (Å²) in [5.41, 5.74) is 3.26. The lowest BCUT2D eigenvalue weighted by Crippen LogP contribution is -2.18. The van der Waals surface area contributed by atoms with E-state index in [1.807, 2.05) is 31.2 Å². The van der Waals surface area contributed by atoms with Crippen LogP contribution in [0.5, 0.6) is 5.75 Å². The van der Waals surface area contributed by atoms with Crippen molar-refractivity contribution < 1.29 is 13.9 Å². The Morgan fingerprint density at radius 3 is 2.69 bits per heavy atom. The number of carbonyl (C=O) groups excluding carboxylic acids is 1. The summed E-state index contributed by atoms with van der Waals surface area (Å²) in [6.07, 6.45) is 0. The molecule has 0 aliphatic rings. The third-order valence-electron chi connectivity index (χ3n) is 5.47. The Balaban J connectivity index is 1.50. The van der Waals surface area contributed by atoms with Crippen molar-refractivity contribution in [1.29, 1.82) is 5.26 Å². The molecular formula is C24H22FN7O2S. The Kier molecular flexibility index (Phi) is 7.12. The van der Waals surface area contributed by atoms with E-state index in [9.17, 15) is 14.4 Å². The molecule has 0 saturated carbocycles. The molecule has 2 aromatic heterocycles. The molecule has 0 saturated heterocycles. The summed E-state index contributed by atoms with van der Waals surface area (Å²) >= 11 is 1.17. The molecule has 2 aromatic carbocycles. The number of rotatable bonds is 8. The number of nitrogens with one attached hydrogen (secondary N) is 1. The maximum Gasteiger partial charge on any atom is 0.236 e. The highest BCUT2D eigenvalue weighted by atomic mass is 32.2. The minimum atomic E-state index is -0.414. The first-order valence-corrected chi connectivity index (χ1v) is 11.6. The lowest BCUT2D eigenvalue weighted by atomic mass is 10.2. The van der Waals surface area contributed by atoms with Crippen molar-refractivity contribution in [3.63, 3.8) is 0 Å². The molecule has 9 nitrogen and oxygen atoms in total. The number of aromatic nitrogens is 5. The van der Waals surface area contributed by atoms with Gasteiger partial charge in [0.05, 0.1) is 30.7 Å². The fourth-order valence-corrected chi connectivity index (χ4v) is 4.28. The average Bonchev–Trinajstić information content (AvgIpc) is 3.39. The molecule has 2 heterocycles. The predicted molar refractivity (Wildman–Crippen MR) is 129 cm³/mol. The third-order valence-corrected chi connectivity index (χ3v) is 6.43. The first-order valence-electron chi connectivity index (χ1n) is 10.6. The minimum Gasteiger partial charge on any atom is -0.497 e. The summed E-state index contributed by atoms with van der Waals surface area (Å²) in [6, 6.07) is 15.7. The van der Waals surface area contributed by atoms with Crippen LogP contribution in [0, 0.1) is 31.0 Å². The van der Waals surface area contributed by atoms with Crippen molar-refractivity contribution in [1.82, 2.24) is 24.8 Å². The van der Waals surface area contributed by atoms with E-state index in [2.05, 4.69) is 26.9 Å². The fraction of sp³-hybridized carbons (Fsp3) is 0.208. The number of amides is 1. The molecule has 0 aliphatic carbocycles. The SMILES string of the molecule is COc1ccc(Cn2nnnc2SCC(=O)Nc2c(C#N)c(C)c(C)n2-c2cccc(F)c2)cc1. The summed E-state index contributed by atoms with van der Waals surface area (Å²) in [4.78, 5) is 12.9. The molecule has 0 unspecified atom stereocenters. The first kappa shape index (κ1) is 24.0. The summed E-state index contributed by atoms with van der Waals surface area (Å²) in [7, 11) is 1.60. The smallest absolute Gasteiger partial charge is 0.236 e. The fourth-order valence-electron chi connectivity index (χ4n) is 3.60. The topological polar surface area (TPSA) is 111 Å². The van der Waals surface area contributed by atoms with Crippen LogP contribution < -0.4 is 10.1 Å². The van der Waals surface area contributed by atoms with Gasteiger partial charge in [-0.2, -0.15) is 5.26 Å². The molecule has 11 heteroatoms. The number of halogens is 1. The van der Waals surface area contributed by atoms with E-state index < -0.39 is 5.82 Å². The number of thioether (sulfide) groups is 1. The van der Waals surface area contributed by atoms with E-state index in [-0.39, 0.29) is 11.7 Å². The summed E-state index contributed by atoms with van der Waals surface area (Å²) in [6.45, 7) is 4.04. The van der Waals surface area contributed by atoms with Gasteiger partial charge in [-0.3, -0.25) is 9.36 Å². The van der Waals surface area contributed by atoms with E-state index in [1.165, 1.54) is 23.9 Å². The monoisotopic (exact) mass is 491 g/mol. The molecule has 4 aromatic rings. The second-order valence-corrected chi connectivity index (χ2v) is 8.61. The van der Waals surface area contributed by atoms with Gasteiger partial charge in [0, 0.05) is 5.69 Å². The Morgan fingerprint density at radius 2 is 2.00 bits per heavy atom. The van der Waals surface area contributed by atoms with E-state index in [1.54, 1.807) is 35.4 Å². The molecule has 0 atom stereocenters. The predicted octanol–water partition coefficient (Wildman–Crippen LogP) is 3.88. The highest BCUT2D eigenvalue weighted by Crippen LogP contribution is 2.30. The zero-order chi connectivity index (χ0) is 24.9. The van der Waals surface area contributed by atoms with E-state index in [4.69, 9.17) is 4.74 Å². The van der Waals surface area contributed by atoms with Crippen LogP contribution in [0.1, 0.15) is 22.4 Å². The lowest BCUT2D eigenvalue weighted by Gasteiger charge is -2.13.